The van der Waals surface area contributed by atoms with E-state index in [1.807, 2.05) is 0 Å². The lowest BCUT2D eigenvalue weighted by Crippen LogP contribution is -2.62. The Balaban J connectivity index is 2.05. The monoisotopic (exact) mass is 345 g/mol. The highest BCUT2D eigenvalue weighted by atomic mass is 79.9. The quantitative estimate of drug-likeness (QED) is 0.850. The summed E-state index contributed by atoms with van der Waals surface area (Å²) in [6.45, 7) is 5.36. The largest absolute Gasteiger partial charge is 0.444 e. The van der Waals surface area contributed by atoms with Crippen molar-refractivity contribution in [3.05, 3.63) is 34.1 Å². The Morgan fingerprint density at radius 3 is 2.55 bits per heavy atom. The molecule has 1 fully saturated rings. The van der Waals surface area contributed by atoms with Crippen LogP contribution in [0.3, 0.4) is 0 Å². The van der Waals surface area contributed by atoms with Crippen LogP contribution in [0.5, 0.6) is 0 Å². The molecule has 1 N–H and O–H groups in total. The normalized spacial score (nSPS) is 17.6. The van der Waals surface area contributed by atoms with Crippen LogP contribution in [-0.4, -0.2) is 34.8 Å². The van der Waals surface area contributed by atoms with Gasteiger partial charge in [0.2, 0.25) is 0 Å². The number of hydrogen-bond donors (Lipinski definition) is 1. The number of halogens is 2. The topological polar surface area (TPSA) is 49.8 Å². The van der Waals surface area contributed by atoms with E-state index >= 15 is 0 Å². The second kappa shape index (κ2) is 5.00. The van der Waals surface area contributed by atoms with Crippen LogP contribution < -0.4 is 0 Å². The molecule has 1 aromatic carbocycles. The molecule has 6 heteroatoms. The van der Waals surface area contributed by atoms with Crippen LogP contribution in [0.4, 0.5) is 9.18 Å². The minimum atomic E-state index is -1.35. The molecule has 0 radical (unpaired) electrons. The van der Waals surface area contributed by atoms with Crippen molar-refractivity contribution < 1.29 is 19.0 Å². The molecule has 0 unspecified atom stereocenters. The highest BCUT2D eigenvalue weighted by Crippen LogP contribution is 2.35. The lowest BCUT2D eigenvalue weighted by atomic mass is 9.86. The van der Waals surface area contributed by atoms with Crippen LogP contribution in [0, 0.1) is 5.82 Å². The van der Waals surface area contributed by atoms with Gasteiger partial charge in [0.25, 0.3) is 0 Å². The molecule has 1 heterocycles. The average Bonchev–Trinajstić information content (AvgIpc) is 2.22. The smallest absolute Gasteiger partial charge is 0.410 e. The maximum atomic E-state index is 13.8. The van der Waals surface area contributed by atoms with Crippen molar-refractivity contribution in [3.8, 4) is 0 Å². The second-order valence-corrected chi connectivity index (χ2v) is 6.91. The van der Waals surface area contributed by atoms with Gasteiger partial charge in [-0.1, -0.05) is 22.0 Å². The zero-order valence-corrected chi connectivity index (χ0v) is 13.2. The Morgan fingerprint density at radius 1 is 1.45 bits per heavy atom. The molecule has 1 amide bonds. The van der Waals surface area contributed by atoms with Gasteiger partial charge in [-0.2, -0.15) is 0 Å². The molecule has 1 saturated heterocycles. The fourth-order valence-corrected chi connectivity index (χ4v) is 2.41. The molecule has 0 aromatic heterocycles. The van der Waals surface area contributed by atoms with Gasteiger partial charge >= 0.3 is 6.09 Å². The molecule has 0 aliphatic carbocycles. The molecule has 4 nitrogen and oxygen atoms in total. The van der Waals surface area contributed by atoms with E-state index in [2.05, 4.69) is 15.9 Å². The zero-order valence-electron chi connectivity index (χ0n) is 11.6. The molecule has 0 saturated carbocycles. The van der Waals surface area contributed by atoms with Gasteiger partial charge in [-0.05, 0) is 32.9 Å². The highest BCUT2D eigenvalue weighted by molar-refractivity contribution is 9.10. The third-order valence-electron chi connectivity index (χ3n) is 2.99. The SMILES string of the molecule is CC(C)(C)OC(=O)N1CC(O)(c2ccc(Br)cc2F)C1. The maximum Gasteiger partial charge on any atom is 0.410 e. The molecule has 0 atom stereocenters. The first kappa shape index (κ1) is 15.3. The van der Waals surface area contributed by atoms with Crippen molar-refractivity contribution in [2.45, 2.75) is 32.0 Å². The van der Waals surface area contributed by atoms with Crippen molar-refractivity contribution in [2.75, 3.05) is 13.1 Å². The van der Waals surface area contributed by atoms with Crippen molar-refractivity contribution in [2.24, 2.45) is 0 Å². The van der Waals surface area contributed by atoms with Crippen molar-refractivity contribution in [1.29, 1.82) is 0 Å². The first-order chi connectivity index (χ1) is 9.11. The number of carbonyl (C=O) groups excluding carboxylic acids is 1. The number of carbonyl (C=O) groups is 1. The Bertz CT molecular complexity index is 536. The van der Waals surface area contributed by atoms with Gasteiger partial charge in [-0.3, -0.25) is 0 Å². The van der Waals surface area contributed by atoms with Crippen LogP contribution in [0.25, 0.3) is 0 Å². The molecular weight excluding hydrogens is 329 g/mol. The first-order valence-corrected chi connectivity index (χ1v) is 7.06. The molecule has 0 spiro atoms. The van der Waals surface area contributed by atoms with Crippen LogP contribution >= 0.6 is 15.9 Å². The summed E-state index contributed by atoms with van der Waals surface area (Å²) in [6, 6.07) is 4.47. The van der Waals surface area contributed by atoms with Crippen LogP contribution in [-0.2, 0) is 10.3 Å². The number of aliphatic hydroxyl groups is 1. The van der Waals surface area contributed by atoms with Gasteiger partial charge in [-0.25, -0.2) is 9.18 Å². The Kier molecular flexibility index (Phi) is 3.81. The number of ether oxygens (including phenoxy) is 1. The molecule has 0 bridgehead atoms. The summed E-state index contributed by atoms with van der Waals surface area (Å²) in [5, 5.41) is 10.4. The summed E-state index contributed by atoms with van der Waals surface area (Å²) in [6.07, 6.45) is -0.500. The number of hydrogen-bond acceptors (Lipinski definition) is 3. The third kappa shape index (κ3) is 3.12. The lowest BCUT2D eigenvalue weighted by Gasteiger charge is -2.46. The summed E-state index contributed by atoms with van der Waals surface area (Å²) < 4.78 is 19.6. The average molecular weight is 346 g/mol. The van der Waals surface area contributed by atoms with Gasteiger partial charge in [-0.15, -0.1) is 0 Å². The number of benzene rings is 1. The highest BCUT2D eigenvalue weighted by Gasteiger charge is 2.47. The van der Waals surface area contributed by atoms with E-state index in [9.17, 15) is 14.3 Å². The molecule has 1 aromatic rings. The first-order valence-electron chi connectivity index (χ1n) is 6.27. The standard InChI is InChI=1S/C14H17BrFNO3/c1-13(2,3)20-12(18)17-7-14(19,8-17)10-5-4-9(15)6-11(10)16/h4-6,19H,7-8H2,1-3H3. The Hall–Kier alpha value is -1.14. The maximum absolute atomic E-state index is 13.8. The van der Waals surface area contributed by atoms with Gasteiger partial charge in [0.1, 0.15) is 17.0 Å². The number of nitrogens with zero attached hydrogens (tertiary/aromatic N) is 1. The van der Waals surface area contributed by atoms with Gasteiger partial charge < -0.3 is 14.7 Å². The van der Waals surface area contributed by atoms with Gasteiger partial charge in [0.15, 0.2) is 0 Å². The van der Waals surface area contributed by atoms with E-state index in [0.717, 1.165) is 0 Å². The number of likely N-dealkylation sites (tertiary alicyclic amines) is 1. The molecule has 1 aliphatic heterocycles. The summed E-state index contributed by atoms with van der Waals surface area (Å²) in [4.78, 5) is 13.1. The van der Waals surface area contributed by atoms with E-state index in [1.54, 1.807) is 26.8 Å². The fraction of sp³-hybridized carbons (Fsp3) is 0.500. The summed E-state index contributed by atoms with van der Waals surface area (Å²) in [5.74, 6) is -0.495. The van der Waals surface area contributed by atoms with E-state index in [0.29, 0.717) is 4.47 Å². The van der Waals surface area contributed by atoms with E-state index in [4.69, 9.17) is 4.74 Å². The molecule has 20 heavy (non-hydrogen) atoms. The zero-order chi connectivity index (χ0) is 15.1. The van der Waals surface area contributed by atoms with Crippen molar-refractivity contribution in [3.63, 3.8) is 0 Å². The van der Waals surface area contributed by atoms with Crippen LogP contribution in [0.15, 0.2) is 22.7 Å². The minimum Gasteiger partial charge on any atom is -0.444 e. The Labute approximate surface area is 125 Å². The molecular formula is C14H17BrFNO3. The molecule has 2 rings (SSSR count). The van der Waals surface area contributed by atoms with Crippen molar-refractivity contribution >= 4 is 22.0 Å². The fourth-order valence-electron chi connectivity index (χ4n) is 2.08. The van der Waals surface area contributed by atoms with Crippen molar-refractivity contribution in [1.82, 2.24) is 4.90 Å². The number of amides is 1. The summed E-state index contributed by atoms with van der Waals surface area (Å²) >= 11 is 3.16. The minimum absolute atomic E-state index is 0.0282. The third-order valence-corrected chi connectivity index (χ3v) is 3.48. The lowest BCUT2D eigenvalue weighted by molar-refractivity contribution is -0.105. The second-order valence-electron chi connectivity index (χ2n) is 5.99. The van der Waals surface area contributed by atoms with E-state index < -0.39 is 23.1 Å². The molecule has 1 aliphatic rings. The summed E-state index contributed by atoms with van der Waals surface area (Å²) in [7, 11) is 0. The Morgan fingerprint density at radius 2 is 2.05 bits per heavy atom. The van der Waals surface area contributed by atoms with Gasteiger partial charge in [0.05, 0.1) is 13.1 Å². The van der Waals surface area contributed by atoms with E-state index in [1.165, 1.54) is 17.0 Å². The van der Waals surface area contributed by atoms with Crippen LogP contribution in [0.2, 0.25) is 0 Å². The molecule has 110 valence electrons. The van der Waals surface area contributed by atoms with Crippen LogP contribution in [0.1, 0.15) is 26.3 Å². The predicted molar refractivity (Wildman–Crippen MR) is 75.8 cm³/mol. The van der Waals surface area contributed by atoms with Gasteiger partial charge in [0, 0.05) is 10.0 Å². The number of rotatable bonds is 1. The summed E-state index contributed by atoms with van der Waals surface area (Å²) in [5.41, 5.74) is -1.74. The number of β-amino-alcohol motifs (C(OH)–C–C–N with tert-alkyl or cyclic N) is 1. The predicted octanol–water partition coefficient (Wildman–Crippen LogP) is 3.03. The van der Waals surface area contributed by atoms with E-state index in [-0.39, 0.29) is 18.7 Å².